The molecule has 0 radical (unpaired) electrons. The van der Waals surface area contributed by atoms with Crippen LogP contribution in [0.1, 0.15) is 16.1 Å². The second-order valence-electron chi connectivity index (χ2n) is 3.97. The van der Waals surface area contributed by atoms with E-state index in [1.165, 1.54) is 0 Å². The first-order valence-electron chi connectivity index (χ1n) is 5.57. The Labute approximate surface area is 111 Å². The molecule has 0 atom stereocenters. The molecule has 0 bridgehead atoms. The zero-order valence-corrected chi connectivity index (χ0v) is 10.8. The lowest BCUT2D eigenvalue weighted by Crippen LogP contribution is -2.18. The summed E-state index contributed by atoms with van der Waals surface area (Å²) in [6.07, 6.45) is 2.54. The van der Waals surface area contributed by atoms with Crippen molar-refractivity contribution in [2.75, 3.05) is 11.9 Å². The normalized spacial score (nSPS) is 10.1. The summed E-state index contributed by atoms with van der Waals surface area (Å²) >= 11 is 6.00. The van der Waals surface area contributed by atoms with E-state index in [1.54, 1.807) is 12.3 Å². The minimum Gasteiger partial charge on any atom is -0.368 e. The molecule has 92 valence electrons. The van der Waals surface area contributed by atoms with Gasteiger partial charge in [-0.2, -0.15) is 0 Å². The summed E-state index contributed by atoms with van der Waals surface area (Å²) in [5.74, 6) is 0. The van der Waals surface area contributed by atoms with E-state index in [0.29, 0.717) is 17.1 Å². The first kappa shape index (κ1) is 12.6. The van der Waals surface area contributed by atoms with Crippen molar-refractivity contribution >= 4 is 23.6 Å². The number of hydrogen-bond donors (Lipinski definition) is 0. The molecule has 2 rings (SSSR count). The lowest BCUT2D eigenvalue weighted by molar-refractivity contribution is 0.112. The van der Waals surface area contributed by atoms with Crippen molar-refractivity contribution in [1.82, 2.24) is 4.98 Å². The third-order valence-electron chi connectivity index (χ3n) is 2.68. The average molecular weight is 261 g/mol. The van der Waals surface area contributed by atoms with Gasteiger partial charge in [0, 0.05) is 18.9 Å². The highest BCUT2D eigenvalue weighted by atomic mass is 35.5. The molecule has 0 saturated heterocycles. The van der Waals surface area contributed by atoms with Crippen molar-refractivity contribution in [2.24, 2.45) is 0 Å². The highest BCUT2D eigenvalue weighted by Crippen LogP contribution is 2.25. The number of hydrogen-bond acceptors (Lipinski definition) is 3. The quantitative estimate of drug-likeness (QED) is 0.792. The predicted octanol–water partition coefficient (Wildman–Crippen LogP) is 3.18. The molecular formula is C14H13ClN2O. The summed E-state index contributed by atoms with van der Waals surface area (Å²) in [4.78, 5) is 17.3. The van der Waals surface area contributed by atoms with Crippen LogP contribution >= 0.6 is 11.6 Å². The van der Waals surface area contributed by atoms with Gasteiger partial charge in [-0.3, -0.25) is 9.78 Å². The fourth-order valence-corrected chi connectivity index (χ4v) is 2.01. The Bertz CT molecular complexity index is 543. The van der Waals surface area contributed by atoms with Crippen LogP contribution in [0.25, 0.3) is 0 Å². The van der Waals surface area contributed by atoms with Gasteiger partial charge in [0.25, 0.3) is 0 Å². The number of nitrogens with zero attached hydrogens (tertiary/aromatic N) is 2. The fraction of sp³-hybridized carbons (Fsp3) is 0.143. The van der Waals surface area contributed by atoms with E-state index >= 15 is 0 Å². The van der Waals surface area contributed by atoms with Gasteiger partial charge in [0.1, 0.15) is 0 Å². The van der Waals surface area contributed by atoms with E-state index in [1.807, 2.05) is 42.3 Å². The highest BCUT2D eigenvalue weighted by Gasteiger charge is 2.10. The Morgan fingerprint density at radius 2 is 2.11 bits per heavy atom. The monoisotopic (exact) mass is 260 g/mol. The second kappa shape index (κ2) is 5.65. The summed E-state index contributed by atoms with van der Waals surface area (Å²) in [6, 6.07) is 11.2. The Kier molecular flexibility index (Phi) is 3.95. The summed E-state index contributed by atoms with van der Waals surface area (Å²) in [5, 5.41) is 0.468. The third kappa shape index (κ3) is 2.68. The van der Waals surface area contributed by atoms with E-state index in [2.05, 4.69) is 4.98 Å². The van der Waals surface area contributed by atoms with Crippen molar-refractivity contribution in [1.29, 1.82) is 0 Å². The first-order valence-corrected chi connectivity index (χ1v) is 5.95. The van der Waals surface area contributed by atoms with Crippen LogP contribution in [0.15, 0.2) is 42.6 Å². The van der Waals surface area contributed by atoms with Crippen LogP contribution in [0, 0.1) is 0 Å². The van der Waals surface area contributed by atoms with Gasteiger partial charge in [0.2, 0.25) is 0 Å². The molecule has 3 nitrogen and oxygen atoms in total. The van der Waals surface area contributed by atoms with Crippen molar-refractivity contribution in [2.45, 2.75) is 6.54 Å². The number of aromatic nitrogens is 1. The van der Waals surface area contributed by atoms with Gasteiger partial charge in [-0.1, -0.05) is 23.7 Å². The number of aldehydes is 1. The molecule has 4 heteroatoms. The van der Waals surface area contributed by atoms with Gasteiger partial charge in [-0.15, -0.1) is 0 Å². The molecule has 0 amide bonds. The number of pyridine rings is 1. The summed E-state index contributed by atoms with van der Waals surface area (Å²) in [5.41, 5.74) is 2.26. The van der Waals surface area contributed by atoms with Crippen LogP contribution in [0.5, 0.6) is 0 Å². The topological polar surface area (TPSA) is 33.2 Å². The zero-order chi connectivity index (χ0) is 13.0. The lowest BCUT2D eigenvalue weighted by Gasteiger charge is -2.20. The molecule has 0 aliphatic rings. The van der Waals surface area contributed by atoms with Crippen molar-refractivity contribution < 1.29 is 4.79 Å². The Morgan fingerprint density at radius 3 is 2.78 bits per heavy atom. The minimum absolute atomic E-state index is 0.468. The molecule has 1 aromatic heterocycles. The molecule has 0 aliphatic heterocycles. The zero-order valence-electron chi connectivity index (χ0n) is 10.0. The smallest absolute Gasteiger partial charge is 0.153 e. The Hall–Kier alpha value is -1.87. The van der Waals surface area contributed by atoms with Crippen molar-refractivity contribution in [3.63, 3.8) is 0 Å². The molecule has 0 N–H and O–H groups in total. The number of benzene rings is 1. The van der Waals surface area contributed by atoms with E-state index in [9.17, 15) is 4.79 Å². The van der Waals surface area contributed by atoms with E-state index < -0.39 is 0 Å². The molecule has 1 aromatic carbocycles. The van der Waals surface area contributed by atoms with Crippen molar-refractivity contribution in [3.05, 3.63) is 58.9 Å². The largest absolute Gasteiger partial charge is 0.368 e. The van der Waals surface area contributed by atoms with E-state index in [4.69, 9.17) is 11.6 Å². The minimum atomic E-state index is 0.468. The van der Waals surface area contributed by atoms with Crippen LogP contribution in [-0.2, 0) is 6.54 Å². The maximum Gasteiger partial charge on any atom is 0.153 e. The maximum atomic E-state index is 11.1. The van der Waals surface area contributed by atoms with Crippen LogP contribution in [-0.4, -0.2) is 18.3 Å². The highest BCUT2D eigenvalue weighted by molar-refractivity contribution is 6.33. The number of carbonyl (C=O) groups is 1. The summed E-state index contributed by atoms with van der Waals surface area (Å²) < 4.78 is 0. The first-order chi connectivity index (χ1) is 8.72. The second-order valence-corrected chi connectivity index (χ2v) is 4.37. The molecule has 0 unspecified atom stereocenters. The molecule has 0 fully saturated rings. The average Bonchev–Trinajstić information content (AvgIpc) is 2.39. The predicted molar refractivity (Wildman–Crippen MR) is 73.2 cm³/mol. The van der Waals surface area contributed by atoms with E-state index in [0.717, 1.165) is 17.7 Å². The number of halogens is 1. The van der Waals surface area contributed by atoms with Crippen LogP contribution in [0.4, 0.5) is 5.69 Å². The molecule has 0 spiro atoms. The number of rotatable bonds is 4. The van der Waals surface area contributed by atoms with Crippen LogP contribution in [0.3, 0.4) is 0 Å². The summed E-state index contributed by atoms with van der Waals surface area (Å²) in [7, 11) is 1.91. The fourth-order valence-electron chi connectivity index (χ4n) is 1.79. The number of anilines is 1. The molecule has 0 aliphatic carbocycles. The number of carbonyl (C=O) groups excluding carboxylic acids is 1. The van der Waals surface area contributed by atoms with Crippen molar-refractivity contribution in [3.8, 4) is 0 Å². The van der Waals surface area contributed by atoms with Gasteiger partial charge in [-0.05, 0) is 24.3 Å². The lowest BCUT2D eigenvalue weighted by atomic mass is 10.1. The SMILES string of the molecule is CN(Cc1ccccn1)c1cccc(Cl)c1C=O. The van der Waals surface area contributed by atoms with Crippen LogP contribution in [0.2, 0.25) is 5.02 Å². The third-order valence-corrected chi connectivity index (χ3v) is 3.01. The standard InChI is InChI=1S/C14H13ClN2O/c1-17(9-11-5-2-3-8-16-11)14-7-4-6-13(15)12(14)10-18/h2-8,10H,9H2,1H3. The summed E-state index contributed by atoms with van der Waals surface area (Å²) in [6.45, 7) is 0.627. The molecular weight excluding hydrogens is 248 g/mol. The van der Waals surface area contributed by atoms with Gasteiger partial charge in [0.05, 0.1) is 22.8 Å². The molecule has 1 heterocycles. The Balaban J connectivity index is 2.26. The van der Waals surface area contributed by atoms with E-state index in [-0.39, 0.29) is 0 Å². The molecule has 0 saturated carbocycles. The van der Waals surface area contributed by atoms with Gasteiger partial charge in [-0.25, -0.2) is 0 Å². The maximum absolute atomic E-state index is 11.1. The molecule has 2 aromatic rings. The molecule has 18 heavy (non-hydrogen) atoms. The van der Waals surface area contributed by atoms with Crippen LogP contribution < -0.4 is 4.90 Å². The van der Waals surface area contributed by atoms with Gasteiger partial charge in [0.15, 0.2) is 6.29 Å². The van der Waals surface area contributed by atoms with Gasteiger partial charge >= 0.3 is 0 Å². The Morgan fingerprint density at radius 1 is 1.28 bits per heavy atom. The van der Waals surface area contributed by atoms with Gasteiger partial charge < -0.3 is 4.90 Å².